The Morgan fingerprint density at radius 1 is 1.21 bits per heavy atom. The second-order valence-corrected chi connectivity index (χ2v) is 5.99. The summed E-state index contributed by atoms with van der Waals surface area (Å²) in [4.78, 5) is 25.8. The largest absolute Gasteiger partial charge is 0.478 e. The maximum atomic E-state index is 13.0. The summed E-state index contributed by atoms with van der Waals surface area (Å²) in [5.41, 5.74) is 2.56. The summed E-state index contributed by atoms with van der Waals surface area (Å²) < 4.78 is 0. The molecule has 3 rings (SSSR count). The van der Waals surface area contributed by atoms with Gasteiger partial charge in [-0.1, -0.05) is 31.2 Å². The van der Waals surface area contributed by atoms with Crippen molar-refractivity contribution in [2.24, 2.45) is 0 Å². The highest BCUT2D eigenvalue weighted by Gasteiger charge is 2.35. The van der Waals surface area contributed by atoms with Crippen LogP contribution in [0.3, 0.4) is 0 Å². The van der Waals surface area contributed by atoms with E-state index in [4.69, 9.17) is 5.11 Å². The molecule has 1 heterocycles. The van der Waals surface area contributed by atoms with Gasteiger partial charge in [0.2, 0.25) is 0 Å². The topological polar surface area (TPSA) is 69.6 Å². The van der Waals surface area contributed by atoms with Crippen LogP contribution in [0.2, 0.25) is 0 Å². The van der Waals surface area contributed by atoms with Crippen molar-refractivity contribution in [1.29, 1.82) is 0 Å². The number of para-hydroxylation sites is 1. The molecule has 0 fully saturated rings. The molecule has 0 bridgehead atoms. The molecule has 124 valence electrons. The Labute approximate surface area is 140 Å². The number of benzene rings is 2. The van der Waals surface area contributed by atoms with E-state index in [2.05, 4.69) is 5.32 Å². The van der Waals surface area contributed by atoms with Gasteiger partial charge in [-0.2, -0.15) is 0 Å². The molecule has 0 unspecified atom stereocenters. The number of hydrogen-bond donors (Lipinski definition) is 2. The average Bonchev–Trinajstić information content (AvgIpc) is 2.61. The highest BCUT2D eigenvalue weighted by molar-refractivity contribution is 6.02. The van der Waals surface area contributed by atoms with Gasteiger partial charge in [-0.3, -0.25) is 4.79 Å². The first-order valence-electron chi connectivity index (χ1n) is 8.04. The second kappa shape index (κ2) is 6.35. The molecule has 5 nitrogen and oxygen atoms in total. The summed E-state index contributed by atoms with van der Waals surface area (Å²) >= 11 is 0. The number of aromatic carboxylic acids is 1. The maximum absolute atomic E-state index is 13.0. The van der Waals surface area contributed by atoms with Gasteiger partial charge >= 0.3 is 5.97 Å². The lowest BCUT2D eigenvalue weighted by atomic mass is 10.00. The molecule has 0 spiro atoms. The van der Waals surface area contributed by atoms with Crippen LogP contribution >= 0.6 is 0 Å². The summed E-state index contributed by atoms with van der Waals surface area (Å²) in [6.07, 6.45) is 0.518. The van der Waals surface area contributed by atoms with Crippen LogP contribution in [0.1, 0.15) is 52.7 Å². The number of carbonyl (C=O) groups is 2. The fourth-order valence-electron chi connectivity index (χ4n) is 2.97. The van der Waals surface area contributed by atoms with Gasteiger partial charge in [0.25, 0.3) is 5.91 Å². The molecule has 2 aromatic rings. The third kappa shape index (κ3) is 2.73. The Balaban J connectivity index is 2.03. The minimum absolute atomic E-state index is 0.00832. The lowest BCUT2D eigenvalue weighted by molar-refractivity contribution is 0.0592. The zero-order chi connectivity index (χ0) is 17.3. The molecular formula is C19H20N2O3. The van der Waals surface area contributed by atoms with Gasteiger partial charge in [-0.15, -0.1) is 0 Å². The number of hydrogen-bond acceptors (Lipinski definition) is 3. The molecule has 0 radical (unpaired) electrons. The van der Waals surface area contributed by atoms with Gasteiger partial charge in [0.1, 0.15) is 6.17 Å². The van der Waals surface area contributed by atoms with E-state index in [1.165, 1.54) is 0 Å². The quantitative estimate of drug-likeness (QED) is 0.898. The fourth-order valence-corrected chi connectivity index (χ4v) is 2.97. The SMILES string of the molecule is CC[C@@H](C)N1C(=O)c2ccccc2N[C@H]1c1ccc(C(=O)O)cc1. The minimum Gasteiger partial charge on any atom is -0.478 e. The standard InChI is InChI=1S/C19H20N2O3/c1-3-12(2)21-17(13-8-10-14(11-9-13)19(23)24)20-16-7-5-4-6-15(16)18(21)22/h4-12,17,20H,3H2,1-2H3,(H,23,24)/t12-,17-/m1/s1. The zero-order valence-corrected chi connectivity index (χ0v) is 13.7. The lowest BCUT2D eigenvalue weighted by Gasteiger charge is -2.41. The number of amides is 1. The molecule has 0 saturated heterocycles. The fraction of sp³-hybridized carbons (Fsp3) is 0.263. The number of carboxylic acids is 1. The summed E-state index contributed by atoms with van der Waals surface area (Å²) in [6, 6.07) is 14.2. The van der Waals surface area contributed by atoms with Crippen LogP contribution in [0.5, 0.6) is 0 Å². The number of nitrogens with zero attached hydrogens (tertiary/aromatic N) is 1. The number of carboxylic acid groups (broad SMARTS) is 1. The van der Waals surface area contributed by atoms with E-state index in [0.29, 0.717) is 5.56 Å². The first-order chi connectivity index (χ1) is 11.5. The molecule has 2 N–H and O–H groups in total. The van der Waals surface area contributed by atoms with Gasteiger partial charge in [-0.05, 0) is 43.2 Å². The molecule has 0 saturated carbocycles. The molecular weight excluding hydrogens is 304 g/mol. The molecule has 2 atom stereocenters. The summed E-state index contributed by atoms with van der Waals surface area (Å²) in [5, 5.41) is 12.5. The van der Waals surface area contributed by atoms with Crippen LogP contribution in [0.15, 0.2) is 48.5 Å². The third-order valence-electron chi connectivity index (χ3n) is 4.50. The van der Waals surface area contributed by atoms with Crippen molar-refractivity contribution in [2.75, 3.05) is 5.32 Å². The monoisotopic (exact) mass is 324 g/mol. The van der Waals surface area contributed by atoms with E-state index in [1.54, 1.807) is 24.3 Å². The Hall–Kier alpha value is -2.82. The molecule has 1 aliphatic rings. The third-order valence-corrected chi connectivity index (χ3v) is 4.50. The molecule has 2 aromatic carbocycles. The predicted octanol–water partition coefficient (Wildman–Crippen LogP) is 3.75. The molecule has 0 aromatic heterocycles. The first-order valence-corrected chi connectivity index (χ1v) is 8.04. The number of anilines is 1. The molecule has 0 aliphatic carbocycles. The van der Waals surface area contributed by atoms with Crippen LogP contribution in [-0.4, -0.2) is 27.9 Å². The van der Waals surface area contributed by atoms with E-state index < -0.39 is 5.97 Å². The number of fused-ring (bicyclic) bond motifs is 1. The van der Waals surface area contributed by atoms with E-state index in [9.17, 15) is 9.59 Å². The summed E-state index contributed by atoms with van der Waals surface area (Å²) in [5.74, 6) is -0.968. The van der Waals surface area contributed by atoms with Gasteiger partial charge < -0.3 is 15.3 Å². The number of rotatable bonds is 4. The van der Waals surface area contributed by atoms with E-state index >= 15 is 0 Å². The highest BCUT2D eigenvalue weighted by Crippen LogP contribution is 2.35. The minimum atomic E-state index is -0.960. The lowest BCUT2D eigenvalue weighted by Crippen LogP contribution is -2.47. The van der Waals surface area contributed by atoms with Gasteiger partial charge in [0, 0.05) is 11.7 Å². The highest BCUT2D eigenvalue weighted by atomic mass is 16.4. The van der Waals surface area contributed by atoms with E-state index in [-0.39, 0.29) is 23.7 Å². The predicted molar refractivity (Wildman–Crippen MR) is 92.1 cm³/mol. The van der Waals surface area contributed by atoms with Crippen LogP contribution < -0.4 is 5.32 Å². The van der Waals surface area contributed by atoms with Gasteiger partial charge in [0.05, 0.1) is 11.1 Å². The van der Waals surface area contributed by atoms with Crippen molar-refractivity contribution in [2.45, 2.75) is 32.5 Å². The first kappa shape index (κ1) is 16.1. The summed E-state index contributed by atoms with van der Waals surface area (Å²) in [6.45, 7) is 4.06. The van der Waals surface area contributed by atoms with E-state index in [1.807, 2.05) is 43.0 Å². The maximum Gasteiger partial charge on any atom is 0.335 e. The molecule has 1 amide bonds. The van der Waals surface area contributed by atoms with Gasteiger partial charge in [-0.25, -0.2) is 4.79 Å². The average molecular weight is 324 g/mol. The van der Waals surface area contributed by atoms with Crippen LogP contribution in [-0.2, 0) is 0 Å². The summed E-state index contributed by atoms with van der Waals surface area (Å²) in [7, 11) is 0. The zero-order valence-electron chi connectivity index (χ0n) is 13.7. The molecule has 24 heavy (non-hydrogen) atoms. The number of nitrogens with one attached hydrogen (secondary N) is 1. The van der Waals surface area contributed by atoms with Crippen molar-refractivity contribution in [3.8, 4) is 0 Å². The Kier molecular flexibility index (Phi) is 4.25. The Morgan fingerprint density at radius 2 is 1.88 bits per heavy atom. The molecule has 1 aliphatic heterocycles. The van der Waals surface area contributed by atoms with E-state index in [0.717, 1.165) is 17.7 Å². The second-order valence-electron chi connectivity index (χ2n) is 5.99. The van der Waals surface area contributed by atoms with Crippen molar-refractivity contribution < 1.29 is 14.7 Å². The number of carbonyl (C=O) groups excluding carboxylic acids is 1. The Morgan fingerprint density at radius 3 is 2.50 bits per heavy atom. The van der Waals surface area contributed by atoms with Crippen molar-refractivity contribution in [3.63, 3.8) is 0 Å². The van der Waals surface area contributed by atoms with Crippen LogP contribution in [0, 0.1) is 0 Å². The molecule has 5 heteroatoms. The van der Waals surface area contributed by atoms with Crippen molar-refractivity contribution in [3.05, 3.63) is 65.2 Å². The normalized spacial score (nSPS) is 17.8. The van der Waals surface area contributed by atoms with Crippen LogP contribution in [0.4, 0.5) is 5.69 Å². The van der Waals surface area contributed by atoms with Gasteiger partial charge in [0.15, 0.2) is 0 Å². The van der Waals surface area contributed by atoms with Crippen molar-refractivity contribution in [1.82, 2.24) is 4.90 Å². The van der Waals surface area contributed by atoms with Crippen molar-refractivity contribution >= 4 is 17.6 Å². The van der Waals surface area contributed by atoms with Crippen LogP contribution in [0.25, 0.3) is 0 Å². The Bertz CT molecular complexity index is 770. The smallest absolute Gasteiger partial charge is 0.335 e.